The van der Waals surface area contributed by atoms with E-state index in [9.17, 15) is 4.79 Å². The van der Waals surface area contributed by atoms with Gasteiger partial charge in [-0.1, -0.05) is 13.0 Å². The molecule has 0 saturated heterocycles. The molecule has 7 nitrogen and oxygen atoms in total. The summed E-state index contributed by atoms with van der Waals surface area (Å²) in [6.45, 7) is 3.91. The normalized spacial score (nSPS) is 10.8. The molecule has 0 saturated carbocycles. The quantitative estimate of drug-likeness (QED) is 0.563. The van der Waals surface area contributed by atoms with E-state index < -0.39 is 5.91 Å². The number of guanidine groups is 1. The molecule has 2 heterocycles. The Hall–Kier alpha value is -3.22. The van der Waals surface area contributed by atoms with Gasteiger partial charge in [0.1, 0.15) is 0 Å². The van der Waals surface area contributed by atoms with Crippen LogP contribution in [0.5, 0.6) is 0 Å². The highest BCUT2D eigenvalue weighted by Crippen LogP contribution is 2.21. The van der Waals surface area contributed by atoms with Crippen molar-refractivity contribution in [3.8, 4) is 5.69 Å². The maximum Gasteiger partial charge on any atom is 0.283 e. The average Bonchev–Trinajstić information content (AvgIpc) is 2.97. The summed E-state index contributed by atoms with van der Waals surface area (Å²) in [4.78, 5) is 20.2. The minimum atomic E-state index is -0.490. The molecular formula is C17H18N6O. The first kappa shape index (κ1) is 15.7. The fraction of sp³-hybridized carbons (Fsp3) is 0.176. The van der Waals surface area contributed by atoms with Gasteiger partial charge in [0, 0.05) is 11.1 Å². The summed E-state index contributed by atoms with van der Waals surface area (Å²) in [7, 11) is 0. The number of fused-ring (bicyclic) bond motifs is 1. The lowest BCUT2D eigenvalue weighted by molar-refractivity contribution is 0.100. The van der Waals surface area contributed by atoms with E-state index in [0.29, 0.717) is 12.0 Å². The Balaban J connectivity index is 2.09. The third kappa shape index (κ3) is 2.83. The smallest absolute Gasteiger partial charge is 0.283 e. The molecule has 0 unspecified atom stereocenters. The van der Waals surface area contributed by atoms with Crippen LogP contribution in [-0.4, -0.2) is 26.6 Å². The molecule has 7 heteroatoms. The standard InChI is InChI=1S/C17H18N6O/c1-3-15-13(16(24)22-17(18)19)9-20-23(15)12-6-7-14-11(8-12)5-4-10(2)21-14/h4-9H,3H2,1-2H3,(H4,18,19,22,24). The number of benzene rings is 1. The number of aryl methyl sites for hydroxylation is 1. The van der Waals surface area contributed by atoms with Gasteiger partial charge in [-0.05, 0) is 37.6 Å². The molecule has 24 heavy (non-hydrogen) atoms. The minimum Gasteiger partial charge on any atom is -0.370 e. The van der Waals surface area contributed by atoms with Crippen LogP contribution in [0.3, 0.4) is 0 Å². The first-order valence-corrected chi connectivity index (χ1v) is 7.58. The van der Waals surface area contributed by atoms with Crippen molar-refractivity contribution in [3.05, 3.63) is 53.5 Å². The Morgan fingerprint density at radius 3 is 2.75 bits per heavy atom. The Morgan fingerprint density at radius 1 is 1.25 bits per heavy atom. The molecular weight excluding hydrogens is 304 g/mol. The highest BCUT2D eigenvalue weighted by molar-refractivity contribution is 6.02. The highest BCUT2D eigenvalue weighted by atomic mass is 16.1. The zero-order valence-electron chi connectivity index (χ0n) is 13.5. The van der Waals surface area contributed by atoms with Crippen molar-refractivity contribution in [1.82, 2.24) is 14.8 Å². The van der Waals surface area contributed by atoms with Crippen LogP contribution in [0.15, 0.2) is 41.5 Å². The van der Waals surface area contributed by atoms with Gasteiger partial charge in [-0.3, -0.25) is 9.78 Å². The van der Waals surface area contributed by atoms with Crippen molar-refractivity contribution < 1.29 is 4.79 Å². The molecule has 0 aliphatic carbocycles. The Bertz CT molecular complexity index is 953. The first-order valence-electron chi connectivity index (χ1n) is 7.58. The summed E-state index contributed by atoms with van der Waals surface area (Å²) >= 11 is 0. The van der Waals surface area contributed by atoms with Crippen molar-refractivity contribution in [3.63, 3.8) is 0 Å². The molecule has 1 amide bonds. The zero-order chi connectivity index (χ0) is 17.3. The number of hydrogen-bond acceptors (Lipinski definition) is 3. The summed E-state index contributed by atoms with van der Waals surface area (Å²) in [5.41, 5.74) is 14.5. The Morgan fingerprint density at radius 2 is 2.04 bits per heavy atom. The van der Waals surface area contributed by atoms with Crippen molar-refractivity contribution in [2.75, 3.05) is 0 Å². The van der Waals surface area contributed by atoms with Crippen LogP contribution >= 0.6 is 0 Å². The number of amides is 1. The predicted octanol–water partition coefficient (Wildman–Crippen LogP) is 1.70. The second kappa shape index (κ2) is 6.11. The third-order valence-corrected chi connectivity index (χ3v) is 3.72. The average molecular weight is 322 g/mol. The number of hydrogen-bond donors (Lipinski definition) is 2. The van der Waals surface area contributed by atoms with Crippen LogP contribution < -0.4 is 11.5 Å². The maximum atomic E-state index is 12.1. The lowest BCUT2D eigenvalue weighted by Gasteiger charge is -2.08. The van der Waals surface area contributed by atoms with Crippen molar-refractivity contribution >= 4 is 22.8 Å². The van der Waals surface area contributed by atoms with E-state index in [-0.39, 0.29) is 5.96 Å². The molecule has 2 aromatic heterocycles. The molecule has 0 spiro atoms. The van der Waals surface area contributed by atoms with E-state index in [2.05, 4.69) is 15.1 Å². The first-order chi connectivity index (χ1) is 11.5. The van der Waals surface area contributed by atoms with Crippen LogP contribution in [0.1, 0.15) is 28.7 Å². The van der Waals surface area contributed by atoms with Crippen LogP contribution in [0, 0.1) is 6.92 Å². The molecule has 4 N–H and O–H groups in total. The monoisotopic (exact) mass is 322 g/mol. The number of nitrogens with two attached hydrogens (primary N) is 2. The van der Waals surface area contributed by atoms with Crippen LogP contribution in [0.4, 0.5) is 0 Å². The van der Waals surface area contributed by atoms with Crippen LogP contribution in [-0.2, 0) is 6.42 Å². The molecule has 122 valence electrons. The van der Waals surface area contributed by atoms with E-state index in [0.717, 1.165) is 28.0 Å². The van der Waals surface area contributed by atoms with E-state index in [1.54, 1.807) is 4.68 Å². The minimum absolute atomic E-state index is 0.262. The van der Waals surface area contributed by atoms with Gasteiger partial charge in [0.2, 0.25) is 0 Å². The van der Waals surface area contributed by atoms with E-state index >= 15 is 0 Å². The summed E-state index contributed by atoms with van der Waals surface area (Å²) in [5.74, 6) is -0.752. The number of carbonyl (C=O) groups is 1. The SMILES string of the molecule is CCc1c(C(=O)N=C(N)N)cnn1-c1ccc2nc(C)ccc2c1. The van der Waals surface area contributed by atoms with Gasteiger partial charge in [0.15, 0.2) is 5.96 Å². The van der Waals surface area contributed by atoms with E-state index in [1.165, 1.54) is 6.20 Å². The van der Waals surface area contributed by atoms with Gasteiger partial charge in [0.05, 0.1) is 28.7 Å². The number of carbonyl (C=O) groups excluding carboxylic acids is 1. The van der Waals surface area contributed by atoms with Crippen LogP contribution in [0.2, 0.25) is 0 Å². The molecule has 0 atom stereocenters. The zero-order valence-corrected chi connectivity index (χ0v) is 13.5. The van der Waals surface area contributed by atoms with Crippen molar-refractivity contribution in [1.29, 1.82) is 0 Å². The van der Waals surface area contributed by atoms with Crippen molar-refractivity contribution in [2.24, 2.45) is 16.5 Å². The summed E-state index contributed by atoms with van der Waals surface area (Å²) in [6, 6.07) is 9.83. The lowest BCUT2D eigenvalue weighted by Crippen LogP contribution is -2.24. The number of aliphatic imine (C=N–C) groups is 1. The number of pyridine rings is 1. The summed E-state index contributed by atoms with van der Waals surface area (Å²) in [6.07, 6.45) is 2.11. The molecule has 0 bridgehead atoms. The highest BCUT2D eigenvalue weighted by Gasteiger charge is 2.17. The summed E-state index contributed by atoms with van der Waals surface area (Å²) < 4.78 is 1.73. The van der Waals surface area contributed by atoms with Gasteiger partial charge in [0.25, 0.3) is 5.91 Å². The number of aromatic nitrogens is 3. The second-order valence-electron chi connectivity index (χ2n) is 5.44. The third-order valence-electron chi connectivity index (χ3n) is 3.72. The van der Waals surface area contributed by atoms with Gasteiger partial charge >= 0.3 is 0 Å². The molecule has 0 fully saturated rings. The fourth-order valence-electron chi connectivity index (χ4n) is 2.64. The van der Waals surface area contributed by atoms with Gasteiger partial charge in [-0.25, -0.2) is 4.68 Å². The Labute approximate surface area is 139 Å². The van der Waals surface area contributed by atoms with Gasteiger partial charge in [-0.2, -0.15) is 10.1 Å². The summed E-state index contributed by atoms with van der Waals surface area (Å²) in [5, 5.41) is 5.34. The maximum absolute atomic E-state index is 12.1. The number of rotatable bonds is 3. The van der Waals surface area contributed by atoms with Crippen LogP contribution in [0.25, 0.3) is 16.6 Å². The molecule has 1 aromatic carbocycles. The van der Waals surface area contributed by atoms with E-state index in [1.807, 2.05) is 44.2 Å². The molecule has 0 aliphatic rings. The Kier molecular flexibility index (Phi) is 3.99. The van der Waals surface area contributed by atoms with Gasteiger partial charge in [-0.15, -0.1) is 0 Å². The molecule has 3 aromatic rings. The van der Waals surface area contributed by atoms with E-state index in [4.69, 9.17) is 11.5 Å². The largest absolute Gasteiger partial charge is 0.370 e. The molecule has 3 rings (SSSR count). The molecule has 0 radical (unpaired) electrons. The second-order valence-corrected chi connectivity index (χ2v) is 5.44. The van der Waals surface area contributed by atoms with Gasteiger partial charge < -0.3 is 11.5 Å². The fourth-order valence-corrected chi connectivity index (χ4v) is 2.64. The number of nitrogens with zero attached hydrogens (tertiary/aromatic N) is 4. The topological polar surface area (TPSA) is 112 Å². The lowest BCUT2D eigenvalue weighted by atomic mass is 10.1. The predicted molar refractivity (Wildman–Crippen MR) is 93.1 cm³/mol. The van der Waals surface area contributed by atoms with Crippen molar-refractivity contribution in [2.45, 2.75) is 20.3 Å². The molecule has 0 aliphatic heterocycles.